The first-order valence-electron chi connectivity index (χ1n) is 9.81. The Morgan fingerprint density at radius 3 is 2.42 bits per heavy atom. The summed E-state index contributed by atoms with van der Waals surface area (Å²) in [5, 5.41) is 15.4. The third kappa shape index (κ3) is 5.77. The van der Waals surface area contributed by atoms with Crippen molar-refractivity contribution < 1.29 is 22.8 Å². The SMILES string of the molecule is CCOc1ccccc1/C=N/Nc1ccc([N+](=O)[O-])cc1S(=O)(=O)Nc1ccccc1OC. The molecule has 0 heterocycles. The summed E-state index contributed by atoms with van der Waals surface area (Å²) in [6.07, 6.45) is 1.47. The highest BCUT2D eigenvalue weighted by molar-refractivity contribution is 7.93. The number of non-ortho nitro benzene ring substituents is 1. The van der Waals surface area contributed by atoms with Gasteiger partial charge in [0.05, 0.1) is 36.2 Å². The number of sulfonamides is 1. The van der Waals surface area contributed by atoms with Gasteiger partial charge in [-0.1, -0.05) is 24.3 Å². The van der Waals surface area contributed by atoms with Crippen molar-refractivity contribution in [1.29, 1.82) is 0 Å². The third-order valence-corrected chi connectivity index (χ3v) is 5.83. The summed E-state index contributed by atoms with van der Waals surface area (Å²) in [6.45, 7) is 2.33. The van der Waals surface area contributed by atoms with Crippen LogP contribution in [0.25, 0.3) is 0 Å². The maximum atomic E-state index is 13.1. The van der Waals surface area contributed by atoms with Crippen LogP contribution in [0.3, 0.4) is 0 Å². The number of benzene rings is 3. The van der Waals surface area contributed by atoms with Crippen molar-refractivity contribution in [1.82, 2.24) is 0 Å². The van der Waals surface area contributed by atoms with E-state index in [0.717, 1.165) is 6.07 Å². The number of hydrogen-bond donors (Lipinski definition) is 2. The predicted molar refractivity (Wildman–Crippen MR) is 126 cm³/mol. The van der Waals surface area contributed by atoms with Gasteiger partial charge in [0.15, 0.2) is 0 Å². The lowest BCUT2D eigenvalue weighted by Gasteiger charge is -2.14. The molecule has 0 fully saturated rings. The monoisotopic (exact) mass is 470 g/mol. The minimum atomic E-state index is -4.24. The predicted octanol–water partition coefficient (Wildman–Crippen LogP) is 4.25. The number of rotatable bonds is 10. The Bertz CT molecular complexity index is 1280. The number of nitro benzene ring substituents is 1. The largest absolute Gasteiger partial charge is 0.495 e. The highest BCUT2D eigenvalue weighted by atomic mass is 32.2. The number of nitrogens with one attached hydrogen (secondary N) is 2. The highest BCUT2D eigenvalue weighted by Gasteiger charge is 2.23. The van der Waals surface area contributed by atoms with E-state index in [1.807, 2.05) is 19.1 Å². The quantitative estimate of drug-likeness (QED) is 0.257. The Hall–Kier alpha value is -4.12. The van der Waals surface area contributed by atoms with Crippen LogP contribution < -0.4 is 19.6 Å². The van der Waals surface area contributed by atoms with Gasteiger partial charge in [-0.15, -0.1) is 0 Å². The first-order chi connectivity index (χ1) is 15.9. The molecule has 33 heavy (non-hydrogen) atoms. The van der Waals surface area contributed by atoms with E-state index in [1.165, 1.54) is 31.5 Å². The van der Waals surface area contributed by atoms with Gasteiger partial charge in [0.2, 0.25) is 0 Å². The summed E-state index contributed by atoms with van der Waals surface area (Å²) in [6, 6.07) is 17.0. The Balaban J connectivity index is 1.96. The normalized spacial score (nSPS) is 11.2. The van der Waals surface area contributed by atoms with Crippen LogP contribution in [0.5, 0.6) is 11.5 Å². The zero-order valence-electron chi connectivity index (χ0n) is 17.9. The summed E-state index contributed by atoms with van der Waals surface area (Å²) in [5.74, 6) is 0.909. The van der Waals surface area contributed by atoms with Crippen LogP contribution in [-0.2, 0) is 10.0 Å². The van der Waals surface area contributed by atoms with Crippen LogP contribution in [0.1, 0.15) is 12.5 Å². The van der Waals surface area contributed by atoms with Gasteiger partial charge < -0.3 is 9.47 Å². The lowest BCUT2D eigenvalue weighted by atomic mass is 10.2. The molecule has 11 heteroatoms. The average molecular weight is 471 g/mol. The number of ether oxygens (including phenoxy) is 2. The number of methoxy groups -OCH3 is 1. The molecule has 10 nitrogen and oxygen atoms in total. The molecule has 0 bridgehead atoms. The molecule has 0 saturated heterocycles. The van der Waals surface area contributed by atoms with Crippen molar-refractivity contribution in [2.24, 2.45) is 5.10 Å². The second kappa shape index (κ2) is 10.5. The summed E-state index contributed by atoms with van der Waals surface area (Å²) in [4.78, 5) is 10.2. The molecule has 0 atom stereocenters. The first kappa shape index (κ1) is 23.5. The van der Waals surface area contributed by atoms with Crippen molar-refractivity contribution in [2.45, 2.75) is 11.8 Å². The molecule has 2 N–H and O–H groups in total. The van der Waals surface area contributed by atoms with E-state index in [-0.39, 0.29) is 22.0 Å². The van der Waals surface area contributed by atoms with Crippen LogP contribution in [-0.4, -0.2) is 33.3 Å². The number of anilines is 2. The standard InChI is InChI=1S/C22H22N4O6S/c1-3-32-20-10-6-4-8-16(20)15-23-24-19-13-12-17(26(27)28)14-22(19)33(29,30)25-18-9-5-7-11-21(18)31-2/h4-15,24-25H,3H2,1-2H3/b23-15+. The zero-order chi connectivity index (χ0) is 23.8. The summed E-state index contributed by atoms with van der Waals surface area (Å²) in [7, 11) is -2.83. The molecular formula is C22H22N4O6S. The van der Waals surface area contributed by atoms with E-state index in [2.05, 4.69) is 15.2 Å². The fraction of sp³-hybridized carbons (Fsp3) is 0.136. The van der Waals surface area contributed by atoms with Crippen molar-refractivity contribution in [3.05, 3.63) is 82.4 Å². The van der Waals surface area contributed by atoms with Crippen molar-refractivity contribution in [2.75, 3.05) is 23.9 Å². The van der Waals surface area contributed by atoms with Gasteiger partial charge >= 0.3 is 0 Å². The Kier molecular flexibility index (Phi) is 7.46. The fourth-order valence-corrected chi connectivity index (χ4v) is 4.16. The van der Waals surface area contributed by atoms with Crippen LogP contribution in [0, 0.1) is 10.1 Å². The van der Waals surface area contributed by atoms with Crippen molar-refractivity contribution in [3.63, 3.8) is 0 Å². The van der Waals surface area contributed by atoms with Gasteiger partial charge in [-0.3, -0.25) is 20.3 Å². The zero-order valence-corrected chi connectivity index (χ0v) is 18.7. The molecule has 3 aromatic rings. The lowest BCUT2D eigenvalue weighted by Crippen LogP contribution is -2.15. The van der Waals surface area contributed by atoms with E-state index in [9.17, 15) is 18.5 Å². The number of nitrogens with zero attached hydrogens (tertiary/aromatic N) is 2. The molecule has 0 saturated carbocycles. The van der Waals surface area contributed by atoms with E-state index in [4.69, 9.17) is 9.47 Å². The maximum Gasteiger partial charge on any atom is 0.270 e. The topological polar surface area (TPSA) is 132 Å². The van der Waals surface area contributed by atoms with Crippen LogP contribution in [0.4, 0.5) is 17.1 Å². The molecule has 0 aliphatic carbocycles. The van der Waals surface area contributed by atoms with Gasteiger partial charge in [-0.25, -0.2) is 8.42 Å². The van der Waals surface area contributed by atoms with Gasteiger partial charge in [-0.2, -0.15) is 5.10 Å². The van der Waals surface area contributed by atoms with E-state index in [0.29, 0.717) is 23.7 Å². The number of hydrazone groups is 1. The van der Waals surface area contributed by atoms with Crippen molar-refractivity contribution in [3.8, 4) is 11.5 Å². The molecule has 0 aliphatic heterocycles. The van der Waals surface area contributed by atoms with Crippen LogP contribution in [0.15, 0.2) is 76.7 Å². The smallest absolute Gasteiger partial charge is 0.270 e. The van der Waals surface area contributed by atoms with Gasteiger partial charge in [-0.05, 0) is 37.3 Å². The second-order valence-electron chi connectivity index (χ2n) is 6.58. The molecule has 0 aliphatic rings. The van der Waals surface area contributed by atoms with Crippen molar-refractivity contribution >= 4 is 33.3 Å². The molecule has 0 amide bonds. The summed E-state index contributed by atoms with van der Waals surface area (Å²) >= 11 is 0. The summed E-state index contributed by atoms with van der Waals surface area (Å²) < 4.78 is 39.4. The highest BCUT2D eigenvalue weighted by Crippen LogP contribution is 2.31. The van der Waals surface area contributed by atoms with E-state index < -0.39 is 14.9 Å². The molecule has 0 radical (unpaired) electrons. The Morgan fingerprint density at radius 1 is 1.03 bits per heavy atom. The number of nitro groups is 1. The molecular weight excluding hydrogens is 448 g/mol. The van der Waals surface area contributed by atoms with Crippen LogP contribution >= 0.6 is 0 Å². The molecule has 0 aromatic heterocycles. The molecule has 172 valence electrons. The second-order valence-corrected chi connectivity index (χ2v) is 8.24. The van der Waals surface area contributed by atoms with E-state index >= 15 is 0 Å². The van der Waals surface area contributed by atoms with Gasteiger partial charge in [0.25, 0.3) is 15.7 Å². The number of hydrogen-bond acceptors (Lipinski definition) is 8. The molecule has 0 unspecified atom stereocenters. The molecule has 3 rings (SSSR count). The first-order valence-corrected chi connectivity index (χ1v) is 11.3. The van der Waals surface area contributed by atoms with E-state index in [1.54, 1.807) is 30.3 Å². The average Bonchev–Trinajstić information content (AvgIpc) is 2.80. The minimum absolute atomic E-state index is 0.0492. The Labute approximate surface area is 191 Å². The third-order valence-electron chi connectivity index (χ3n) is 4.42. The minimum Gasteiger partial charge on any atom is -0.495 e. The lowest BCUT2D eigenvalue weighted by molar-refractivity contribution is -0.385. The summed E-state index contributed by atoms with van der Waals surface area (Å²) in [5.41, 5.74) is 3.18. The van der Waals surface area contributed by atoms with Crippen LogP contribution in [0.2, 0.25) is 0 Å². The molecule has 3 aromatic carbocycles. The Morgan fingerprint density at radius 2 is 1.73 bits per heavy atom. The fourth-order valence-electron chi connectivity index (χ4n) is 2.91. The molecule has 0 spiro atoms. The maximum absolute atomic E-state index is 13.1. The van der Waals surface area contributed by atoms with Gasteiger partial charge in [0, 0.05) is 17.7 Å². The number of para-hydroxylation sites is 3. The van der Waals surface area contributed by atoms with Gasteiger partial charge in [0.1, 0.15) is 16.4 Å².